The van der Waals surface area contributed by atoms with E-state index in [1.165, 1.54) is 48.4 Å². The number of fused-ring (bicyclic) bond motifs is 1. The Bertz CT molecular complexity index is 1860. The van der Waals surface area contributed by atoms with Crippen LogP contribution in [0.1, 0.15) is 27.0 Å². The molecule has 0 fully saturated rings. The van der Waals surface area contributed by atoms with Gasteiger partial charge in [-0.2, -0.15) is 13.2 Å². The third-order valence-corrected chi connectivity index (χ3v) is 7.56. The molecule has 1 unspecified atom stereocenters. The first-order chi connectivity index (χ1) is 21.9. The molecule has 13 heteroatoms. The van der Waals surface area contributed by atoms with Crippen LogP contribution in [0.15, 0.2) is 93.8 Å². The fourth-order valence-electron chi connectivity index (χ4n) is 4.84. The van der Waals surface area contributed by atoms with E-state index in [0.717, 1.165) is 16.1 Å². The number of rotatable bonds is 11. The minimum atomic E-state index is -4.64. The molecule has 1 aromatic heterocycles. The summed E-state index contributed by atoms with van der Waals surface area (Å²) in [5.41, 5.74) is 1.97. The lowest BCUT2D eigenvalue weighted by atomic mass is 10.0. The number of hydrogen-bond acceptors (Lipinski definition) is 7. The van der Waals surface area contributed by atoms with Gasteiger partial charge in [0, 0.05) is 34.3 Å². The van der Waals surface area contributed by atoms with Crippen LogP contribution in [0.5, 0.6) is 5.75 Å². The summed E-state index contributed by atoms with van der Waals surface area (Å²) in [6, 6.07) is 21.9. The lowest BCUT2D eigenvalue weighted by Gasteiger charge is -2.21. The lowest BCUT2D eigenvalue weighted by molar-refractivity contribution is -0.139. The summed E-state index contributed by atoms with van der Waals surface area (Å²) in [5.74, 6) is -1.30. The molecule has 0 saturated heterocycles. The van der Waals surface area contributed by atoms with Crippen molar-refractivity contribution in [3.63, 3.8) is 0 Å². The second-order valence-corrected chi connectivity index (χ2v) is 11.3. The number of oxazole rings is 1. The van der Waals surface area contributed by atoms with Crippen molar-refractivity contribution in [3.05, 3.63) is 112 Å². The summed E-state index contributed by atoms with van der Waals surface area (Å²) in [6.45, 7) is -0.592. The number of aliphatic carboxylic acids is 1. The number of halogens is 4. The van der Waals surface area contributed by atoms with Crippen molar-refractivity contribution in [2.45, 2.75) is 25.4 Å². The van der Waals surface area contributed by atoms with Crippen molar-refractivity contribution >= 4 is 44.6 Å². The van der Waals surface area contributed by atoms with Gasteiger partial charge in [-0.3, -0.25) is 9.59 Å². The summed E-state index contributed by atoms with van der Waals surface area (Å²) in [7, 11) is 1.26. The molecule has 0 bridgehead atoms. The van der Waals surface area contributed by atoms with Crippen LogP contribution in [-0.2, 0) is 23.9 Å². The van der Waals surface area contributed by atoms with Gasteiger partial charge in [0.25, 0.3) is 5.91 Å². The largest absolute Gasteiger partial charge is 0.497 e. The van der Waals surface area contributed by atoms with Crippen LogP contribution in [0, 0.1) is 0 Å². The average Bonchev–Trinajstić information content (AvgIpc) is 3.44. The molecule has 3 N–H and O–H groups in total. The van der Waals surface area contributed by atoms with Gasteiger partial charge in [0.1, 0.15) is 24.0 Å². The van der Waals surface area contributed by atoms with Crippen LogP contribution in [0.25, 0.3) is 22.6 Å². The van der Waals surface area contributed by atoms with Crippen LogP contribution in [-0.4, -0.2) is 51.9 Å². The number of carboxylic acids is 1. The van der Waals surface area contributed by atoms with Crippen LogP contribution in [0.2, 0.25) is 0 Å². The van der Waals surface area contributed by atoms with E-state index in [4.69, 9.17) is 9.15 Å². The predicted octanol–water partition coefficient (Wildman–Crippen LogP) is 6.98. The van der Waals surface area contributed by atoms with Crippen molar-refractivity contribution in [1.82, 2.24) is 9.88 Å². The number of nitrogens with one attached hydrogen (secondary N) is 1. The smallest absolute Gasteiger partial charge is 0.416 e. The van der Waals surface area contributed by atoms with Crippen LogP contribution in [0.4, 0.5) is 18.9 Å². The SMILES string of the molecule is COc1ccc(CC(O)Nc2ccc(C(=O)N(CC(=O)O)Cc3ccc4oc(-c5ccc(Br)cc5)nc4c3)cc2)c(C(F)(F)F)c1. The number of amides is 1. The Morgan fingerprint density at radius 1 is 1.02 bits per heavy atom. The van der Waals surface area contributed by atoms with Gasteiger partial charge in [-0.05, 0) is 83.9 Å². The zero-order valence-electron chi connectivity index (χ0n) is 24.2. The maximum absolute atomic E-state index is 13.6. The van der Waals surface area contributed by atoms with Crippen molar-refractivity contribution in [2.24, 2.45) is 0 Å². The molecular formula is C33H27BrF3N3O6. The quantitative estimate of drug-likeness (QED) is 0.126. The molecule has 0 aliphatic rings. The number of alkyl halides is 3. The summed E-state index contributed by atoms with van der Waals surface area (Å²) in [4.78, 5) is 30.7. The maximum atomic E-state index is 13.6. The third-order valence-electron chi connectivity index (χ3n) is 7.03. The molecule has 5 aromatic rings. The molecule has 5 rings (SSSR count). The maximum Gasteiger partial charge on any atom is 0.416 e. The number of methoxy groups -OCH3 is 1. The number of carboxylic acid groups (broad SMARTS) is 1. The zero-order chi connectivity index (χ0) is 33.0. The van der Waals surface area contributed by atoms with E-state index >= 15 is 0 Å². The van der Waals surface area contributed by atoms with Gasteiger partial charge in [-0.1, -0.05) is 28.1 Å². The predicted molar refractivity (Wildman–Crippen MR) is 167 cm³/mol. The van der Waals surface area contributed by atoms with Crippen LogP contribution in [0.3, 0.4) is 0 Å². The molecule has 0 radical (unpaired) electrons. The number of carbonyl (C=O) groups excluding carboxylic acids is 1. The van der Waals surface area contributed by atoms with E-state index < -0.39 is 36.4 Å². The standard InChI is InChI=1S/C33H27BrF3N3O6/c1-45-25-12-7-22(26(16-25)33(35,36)37)15-29(41)38-24-10-5-21(6-11-24)32(44)40(18-30(42)43)17-19-2-13-28-27(14-19)39-31(46-28)20-3-8-23(34)9-4-20/h2-14,16,29,38,41H,15,17-18H2,1H3,(H,42,43). The molecule has 0 aliphatic carbocycles. The van der Waals surface area contributed by atoms with Gasteiger partial charge in [-0.15, -0.1) is 0 Å². The number of benzene rings is 4. The number of nitrogens with zero attached hydrogens (tertiary/aromatic N) is 2. The molecule has 46 heavy (non-hydrogen) atoms. The van der Waals surface area contributed by atoms with Gasteiger partial charge in [0.05, 0.1) is 12.7 Å². The van der Waals surface area contributed by atoms with E-state index in [-0.39, 0.29) is 29.8 Å². The second-order valence-electron chi connectivity index (χ2n) is 10.3. The van der Waals surface area contributed by atoms with E-state index in [1.807, 2.05) is 24.3 Å². The van der Waals surface area contributed by atoms with Gasteiger partial charge in [-0.25, -0.2) is 4.98 Å². The first-order valence-corrected chi connectivity index (χ1v) is 14.6. The minimum absolute atomic E-state index is 0.0241. The van der Waals surface area contributed by atoms with Gasteiger partial charge in [0.15, 0.2) is 5.58 Å². The first kappa shape index (κ1) is 32.5. The monoisotopic (exact) mass is 697 g/mol. The number of hydrogen-bond donors (Lipinski definition) is 3. The molecule has 9 nitrogen and oxygen atoms in total. The van der Waals surface area contributed by atoms with Crippen molar-refractivity contribution in [1.29, 1.82) is 0 Å². The molecule has 0 aliphatic heterocycles. The summed E-state index contributed by atoms with van der Waals surface area (Å²) in [5, 5.41) is 22.7. The summed E-state index contributed by atoms with van der Waals surface area (Å²) < 4.78 is 52.3. The molecule has 0 saturated carbocycles. The van der Waals surface area contributed by atoms with E-state index in [2.05, 4.69) is 26.2 Å². The second kappa shape index (κ2) is 13.6. The van der Waals surface area contributed by atoms with Gasteiger partial charge in [0.2, 0.25) is 5.89 Å². The van der Waals surface area contributed by atoms with E-state index in [9.17, 15) is 33.0 Å². The Kier molecular flexibility index (Phi) is 9.63. The Labute approximate surface area is 269 Å². The number of aliphatic hydroxyl groups is 1. The van der Waals surface area contributed by atoms with Crippen LogP contribution >= 0.6 is 15.9 Å². The Morgan fingerprint density at radius 3 is 2.39 bits per heavy atom. The zero-order valence-corrected chi connectivity index (χ0v) is 25.8. The van der Waals surface area contributed by atoms with Gasteiger partial charge < -0.3 is 29.6 Å². The number of carbonyl (C=O) groups is 2. The van der Waals surface area contributed by atoms with Crippen molar-refractivity contribution in [3.8, 4) is 17.2 Å². The molecule has 1 atom stereocenters. The third kappa shape index (κ3) is 7.85. The molecule has 1 amide bonds. The molecular weight excluding hydrogens is 671 g/mol. The highest BCUT2D eigenvalue weighted by molar-refractivity contribution is 9.10. The number of anilines is 1. The summed E-state index contributed by atoms with van der Waals surface area (Å²) in [6.07, 6.45) is -6.38. The van der Waals surface area contributed by atoms with Crippen molar-refractivity contribution in [2.75, 3.05) is 19.0 Å². The average molecular weight is 698 g/mol. The summed E-state index contributed by atoms with van der Waals surface area (Å²) >= 11 is 3.39. The Morgan fingerprint density at radius 2 is 1.74 bits per heavy atom. The Hall–Kier alpha value is -4.88. The Balaban J connectivity index is 1.28. The van der Waals surface area contributed by atoms with E-state index in [1.54, 1.807) is 18.2 Å². The number of aliphatic hydroxyl groups excluding tert-OH is 1. The highest BCUT2D eigenvalue weighted by Gasteiger charge is 2.34. The molecule has 0 spiro atoms. The highest BCUT2D eigenvalue weighted by atomic mass is 79.9. The molecule has 238 valence electrons. The molecule has 4 aromatic carbocycles. The lowest BCUT2D eigenvalue weighted by Crippen LogP contribution is -2.35. The highest BCUT2D eigenvalue weighted by Crippen LogP contribution is 2.35. The van der Waals surface area contributed by atoms with E-state index in [0.29, 0.717) is 28.2 Å². The number of aromatic nitrogens is 1. The first-order valence-electron chi connectivity index (χ1n) is 13.8. The van der Waals surface area contributed by atoms with Gasteiger partial charge >= 0.3 is 12.1 Å². The van der Waals surface area contributed by atoms with Crippen LogP contribution < -0.4 is 10.1 Å². The topological polar surface area (TPSA) is 125 Å². The van der Waals surface area contributed by atoms with Crippen molar-refractivity contribution < 1.29 is 42.1 Å². The minimum Gasteiger partial charge on any atom is -0.497 e. The fraction of sp³-hybridized carbons (Fsp3) is 0.182. The fourth-order valence-corrected chi connectivity index (χ4v) is 5.10. The number of ether oxygens (including phenoxy) is 1. The normalized spacial score (nSPS) is 12.1. The molecule has 1 heterocycles.